The molecule has 0 aliphatic carbocycles. The van der Waals surface area contributed by atoms with Crippen molar-refractivity contribution >= 4 is 47.2 Å². The Morgan fingerprint density at radius 2 is 1.88 bits per heavy atom. The SMILES string of the molecule is CN=C(NCCCCC(F)(F)F)N1CCN(c2cccc(Cl)c2)CC1.I. The number of alkyl halides is 3. The maximum absolute atomic E-state index is 12.1. The number of nitrogens with one attached hydrogen (secondary N) is 1. The Morgan fingerprint density at radius 1 is 1.19 bits per heavy atom. The van der Waals surface area contributed by atoms with E-state index in [4.69, 9.17) is 11.6 Å². The van der Waals surface area contributed by atoms with E-state index < -0.39 is 12.6 Å². The Balaban J connectivity index is 0.00000338. The minimum Gasteiger partial charge on any atom is -0.368 e. The Bertz CT molecular complexity index is 575. The van der Waals surface area contributed by atoms with Gasteiger partial charge in [-0.2, -0.15) is 13.2 Å². The van der Waals surface area contributed by atoms with E-state index in [1.165, 1.54) is 0 Å². The lowest BCUT2D eigenvalue weighted by molar-refractivity contribution is -0.135. The van der Waals surface area contributed by atoms with Crippen molar-refractivity contribution in [3.63, 3.8) is 0 Å². The van der Waals surface area contributed by atoms with Crippen molar-refractivity contribution in [1.82, 2.24) is 10.2 Å². The van der Waals surface area contributed by atoms with Crippen LogP contribution >= 0.6 is 35.6 Å². The van der Waals surface area contributed by atoms with E-state index in [0.717, 1.165) is 42.8 Å². The molecule has 1 heterocycles. The van der Waals surface area contributed by atoms with Crippen molar-refractivity contribution in [2.75, 3.05) is 44.7 Å². The zero-order valence-electron chi connectivity index (χ0n) is 14.7. The third-order valence-corrected chi connectivity index (χ3v) is 4.37. The Labute approximate surface area is 174 Å². The van der Waals surface area contributed by atoms with Gasteiger partial charge in [0.05, 0.1) is 0 Å². The number of aliphatic imine (C=N–C) groups is 1. The number of anilines is 1. The van der Waals surface area contributed by atoms with Gasteiger partial charge in [-0.1, -0.05) is 17.7 Å². The first kappa shape index (κ1) is 23.1. The maximum atomic E-state index is 12.1. The highest BCUT2D eigenvalue weighted by Crippen LogP contribution is 2.22. The van der Waals surface area contributed by atoms with E-state index in [0.29, 0.717) is 13.0 Å². The molecule has 1 aromatic carbocycles. The zero-order valence-corrected chi connectivity index (χ0v) is 17.8. The largest absolute Gasteiger partial charge is 0.389 e. The summed E-state index contributed by atoms with van der Waals surface area (Å²) in [5.41, 5.74) is 1.10. The topological polar surface area (TPSA) is 30.9 Å². The third kappa shape index (κ3) is 7.77. The van der Waals surface area contributed by atoms with Gasteiger partial charge >= 0.3 is 6.18 Å². The summed E-state index contributed by atoms with van der Waals surface area (Å²) < 4.78 is 36.4. The molecule has 1 N–H and O–H groups in total. The van der Waals surface area contributed by atoms with Gasteiger partial charge in [-0.3, -0.25) is 4.99 Å². The monoisotopic (exact) mass is 504 g/mol. The molecule has 0 amide bonds. The van der Waals surface area contributed by atoms with Crippen molar-refractivity contribution in [3.8, 4) is 0 Å². The lowest BCUT2D eigenvalue weighted by Crippen LogP contribution is -2.52. The molecule has 1 aliphatic rings. The van der Waals surface area contributed by atoms with Crippen LogP contribution in [0.4, 0.5) is 18.9 Å². The van der Waals surface area contributed by atoms with Crippen LogP contribution in [0.5, 0.6) is 0 Å². The average molecular weight is 505 g/mol. The lowest BCUT2D eigenvalue weighted by atomic mass is 10.2. The fraction of sp³-hybridized carbons (Fsp3) is 0.588. The first-order valence-electron chi connectivity index (χ1n) is 8.42. The fourth-order valence-corrected chi connectivity index (χ4v) is 3.02. The van der Waals surface area contributed by atoms with Crippen LogP contribution in [0.1, 0.15) is 19.3 Å². The molecule has 1 saturated heterocycles. The predicted molar refractivity (Wildman–Crippen MR) is 112 cm³/mol. The molecule has 0 atom stereocenters. The molecule has 0 radical (unpaired) electrons. The number of benzene rings is 1. The third-order valence-electron chi connectivity index (χ3n) is 4.13. The van der Waals surface area contributed by atoms with Crippen molar-refractivity contribution in [1.29, 1.82) is 0 Å². The lowest BCUT2D eigenvalue weighted by Gasteiger charge is -2.37. The maximum Gasteiger partial charge on any atom is 0.389 e. The zero-order chi connectivity index (χ0) is 18.3. The number of guanidine groups is 1. The molecular weight excluding hydrogens is 480 g/mol. The van der Waals surface area contributed by atoms with Gasteiger partial charge in [-0.25, -0.2) is 0 Å². The van der Waals surface area contributed by atoms with Gasteiger partial charge in [-0.05, 0) is 31.0 Å². The van der Waals surface area contributed by atoms with Crippen LogP contribution in [0.25, 0.3) is 0 Å². The number of unbranched alkanes of at least 4 members (excludes halogenated alkanes) is 1. The van der Waals surface area contributed by atoms with Gasteiger partial charge in [0.1, 0.15) is 0 Å². The molecule has 2 rings (SSSR count). The Hall–Kier alpha value is -0.900. The molecule has 1 aromatic rings. The molecule has 1 fully saturated rings. The highest BCUT2D eigenvalue weighted by atomic mass is 127. The molecule has 26 heavy (non-hydrogen) atoms. The van der Waals surface area contributed by atoms with E-state index in [9.17, 15) is 13.2 Å². The molecular formula is C17H25ClF3IN4. The smallest absolute Gasteiger partial charge is 0.368 e. The van der Waals surface area contributed by atoms with Crippen molar-refractivity contribution in [2.45, 2.75) is 25.4 Å². The fourth-order valence-electron chi connectivity index (χ4n) is 2.83. The summed E-state index contributed by atoms with van der Waals surface area (Å²) in [7, 11) is 1.70. The molecule has 0 unspecified atom stereocenters. The van der Waals surface area contributed by atoms with Crippen LogP contribution in [-0.2, 0) is 0 Å². The van der Waals surface area contributed by atoms with Gasteiger partial charge in [0.2, 0.25) is 0 Å². The second-order valence-electron chi connectivity index (χ2n) is 6.00. The molecule has 9 heteroatoms. The molecule has 1 aliphatic heterocycles. The normalized spacial score (nSPS) is 15.7. The number of piperazine rings is 1. The van der Waals surface area contributed by atoms with Crippen molar-refractivity contribution in [3.05, 3.63) is 29.3 Å². The summed E-state index contributed by atoms with van der Waals surface area (Å²) >= 11 is 6.04. The van der Waals surface area contributed by atoms with Gasteiger partial charge in [-0.15, -0.1) is 24.0 Å². The quantitative estimate of drug-likeness (QED) is 0.279. The summed E-state index contributed by atoms with van der Waals surface area (Å²) in [6.45, 7) is 3.78. The number of rotatable bonds is 5. The van der Waals surface area contributed by atoms with E-state index in [2.05, 4.69) is 20.1 Å². The van der Waals surface area contributed by atoms with Crippen LogP contribution < -0.4 is 10.2 Å². The van der Waals surface area contributed by atoms with Gasteiger partial charge in [0.25, 0.3) is 0 Å². The summed E-state index contributed by atoms with van der Waals surface area (Å²) in [6.07, 6.45) is -4.19. The van der Waals surface area contributed by atoms with Gasteiger partial charge < -0.3 is 15.1 Å². The minimum atomic E-state index is -4.07. The number of nitrogens with zero attached hydrogens (tertiary/aromatic N) is 3. The highest BCUT2D eigenvalue weighted by Gasteiger charge is 2.26. The van der Waals surface area contributed by atoms with Crippen LogP contribution in [0.3, 0.4) is 0 Å². The average Bonchev–Trinajstić information content (AvgIpc) is 2.57. The second-order valence-corrected chi connectivity index (χ2v) is 6.44. The van der Waals surface area contributed by atoms with E-state index in [1.807, 2.05) is 24.3 Å². The first-order valence-corrected chi connectivity index (χ1v) is 8.80. The van der Waals surface area contributed by atoms with Gasteiger partial charge in [0.15, 0.2) is 5.96 Å². The molecule has 4 nitrogen and oxygen atoms in total. The second kappa shape index (κ2) is 11.1. The summed E-state index contributed by atoms with van der Waals surface area (Å²) in [4.78, 5) is 8.63. The van der Waals surface area contributed by atoms with E-state index in [-0.39, 0.29) is 30.4 Å². The van der Waals surface area contributed by atoms with Crippen LogP contribution in [0, 0.1) is 0 Å². The summed E-state index contributed by atoms with van der Waals surface area (Å²) in [5.74, 6) is 0.748. The Kier molecular flexibility index (Phi) is 9.84. The first-order chi connectivity index (χ1) is 11.9. The van der Waals surface area contributed by atoms with Crippen LogP contribution in [-0.4, -0.2) is 56.8 Å². The van der Waals surface area contributed by atoms with E-state index >= 15 is 0 Å². The van der Waals surface area contributed by atoms with Gasteiger partial charge in [0, 0.05) is 56.9 Å². The predicted octanol–water partition coefficient (Wildman–Crippen LogP) is 4.39. The standard InChI is InChI=1S/C17H24ClF3N4.HI/c1-22-16(23-8-3-2-7-17(19,20)21)25-11-9-24(10-12-25)15-6-4-5-14(18)13-15;/h4-6,13H,2-3,7-12H2,1H3,(H,22,23);1H. The Morgan fingerprint density at radius 3 is 2.46 bits per heavy atom. The van der Waals surface area contributed by atoms with E-state index in [1.54, 1.807) is 7.05 Å². The molecule has 0 aromatic heterocycles. The summed E-state index contributed by atoms with van der Waals surface area (Å²) in [6, 6.07) is 7.78. The molecule has 148 valence electrons. The van der Waals surface area contributed by atoms with Crippen LogP contribution in [0.2, 0.25) is 5.02 Å². The highest BCUT2D eigenvalue weighted by molar-refractivity contribution is 14.0. The number of halogens is 5. The summed E-state index contributed by atoms with van der Waals surface area (Å²) in [5, 5.41) is 3.88. The van der Waals surface area contributed by atoms with Crippen molar-refractivity contribution < 1.29 is 13.2 Å². The van der Waals surface area contributed by atoms with Crippen molar-refractivity contribution in [2.24, 2.45) is 4.99 Å². The molecule has 0 saturated carbocycles. The number of hydrogen-bond acceptors (Lipinski definition) is 2. The molecule has 0 spiro atoms. The van der Waals surface area contributed by atoms with Crippen LogP contribution in [0.15, 0.2) is 29.3 Å². The number of hydrogen-bond donors (Lipinski definition) is 1. The minimum absolute atomic E-state index is 0. The molecule has 0 bridgehead atoms.